The summed E-state index contributed by atoms with van der Waals surface area (Å²) in [6, 6.07) is 0.655. The Kier molecular flexibility index (Phi) is 5.38. The lowest BCUT2D eigenvalue weighted by atomic mass is 9.70. The van der Waals surface area contributed by atoms with Gasteiger partial charge in [0, 0.05) is 23.9 Å². The Bertz CT molecular complexity index is 540. The Balaban J connectivity index is 2.02. The van der Waals surface area contributed by atoms with Crippen LogP contribution in [0.5, 0.6) is 0 Å². The Labute approximate surface area is 143 Å². The van der Waals surface area contributed by atoms with Crippen LogP contribution < -0.4 is 5.32 Å². The smallest absolute Gasteiger partial charge is 0.306 e. The van der Waals surface area contributed by atoms with E-state index in [0.717, 1.165) is 25.1 Å². The molecule has 2 heterocycles. The molecule has 0 saturated carbocycles. The van der Waals surface area contributed by atoms with Crippen molar-refractivity contribution >= 4 is 0 Å². The van der Waals surface area contributed by atoms with E-state index in [9.17, 15) is 13.2 Å². The molecule has 1 fully saturated rings. The van der Waals surface area contributed by atoms with Crippen LogP contribution in [0.15, 0.2) is 12.3 Å². The van der Waals surface area contributed by atoms with Crippen LogP contribution >= 0.6 is 0 Å². The number of hydrogen-bond donors (Lipinski definition) is 1. The number of alkyl halides is 3. The Hall–Kier alpha value is -1.04. The van der Waals surface area contributed by atoms with Crippen molar-refractivity contribution in [1.29, 1.82) is 0 Å². The summed E-state index contributed by atoms with van der Waals surface area (Å²) >= 11 is 0. The van der Waals surface area contributed by atoms with Gasteiger partial charge < -0.3 is 5.32 Å². The average Bonchev–Trinajstić information content (AvgIpc) is 2.93. The van der Waals surface area contributed by atoms with Gasteiger partial charge in [0.15, 0.2) is 0 Å². The molecule has 0 amide bonds. The second kappa shape index (κ2) is 6.70. The maximum atomic E-state index is 13.0. The molecule has 6 heteroatoms. The summed E-state index contributed by atoms with van der Waals surface area (Å²) in [5, 5.41) is 7.03. The van der Waals surface area contributed by atoms with Gasteiger partial charge in [0.25, 0.3) is 0 Å². The molecule has 2 atom stereocenters. The van der Waals surface area contributed by atoms with Crippen LogP contribution in [0.4, 0.5) is 13.2 Å². The van der Waals surface area contributed by atoms with Crippen LogP contribution in [0, 0.1) is 11.3 Å². The van der Waals surface area contributed by atoms with E-state index in [0.29, 0.717) is 6.54 Å². The van der Waals surface area contributed by atoms with Crippen molar-refractivity contribution in [3.63, 3.8) is 0 Å². The van der Waals surface area contributed by atoms with Crippen LogP contribution in [0.1, 0.15) is 59.6 Å². The lowest BCUT2D eigenvalue weighted by molar-refractivity contribution is -0.167. The van der Waals surface area contributed by atoms with Crippen molar-refractivity contribution in [3.05, 3.63) is 18.0 Å². The van der Waals surface area contributed by atoms with Gasteiger partial charge in [-0.15, -0.1) is 0 Å². The highest BCUT2D eigenvalue weighted by Gasteiger charge is 2.45. The SMILES string of the molecule is CC(C)(C)c1ccnn1CCC(C)(C)C1CCNC(C(F)(F)F)C1. The number of piperidine rings is 1. The van der Waals surface area contributed by atoms with E-state index < -0.39 is 12.2 Å². The van der Waals surface area contributed by atoms with Gasteiger partial charge in [0.1, 0.15) is 6.04 Å². The van der Waals surface area contributed by atoms with Crippen LogP contribution in [0.2, 0.25) is 0 Å². The summed E-state index contributed by atoms with van der Waals surface area (Å²) < 4.78 is 41.1. The van der Waals surface area contributed by atoms with Gasteiger partial charge in [-0.05, 0) is 43.2 Å². The third-order valence-corrected chi connectivity index (χ3v) is 5.36. The second-order valence-electron chi connectivity index (χ2n) is 8.70. The highest BCUT2D eigenvalue weighted by atomic mass is 19.4. The van der Waals surface area contributed by atoms with Crippen molar-refractivity contribution < 1.29 is 13.2 Å². The molecular weight excluding hydrogens is 315 g/mol. The fourth-order valence-electron chi connectivity index (χ4n) is 3.62. The van der Waals surface area contributed by atoms with Gasteiger partial charge in [0.05, 0.1) is 0 Å². The van der Waals surface area contributed by atoms with Gasteiger partial charge >= 0.3 is 6.18 Å². The molecule has 1 aliphatic rings. The first kappa shape index (κ1) is 19.3. The molecule has 1 N–H and O–H groups in total. The van der Waals surface area contributed by atoms with Crippen molar-refractivity contribution in [2.75, 3.05) is 6.54 Å². The molecule has 24 heavy (non-hydrogen) atoms. The van der Waals surface area contributed by atoms with Gasteiger partial charge in [-0.2, -0.15) is 18.3 Å². The highest BCUT2D eigenvalue weighted by molar-refractivity contribution is 5.11. The zero-order valence-electron chi connectivity index (χ0n) is 15.4. The molecule has 1 saturated heterocycles. The number of aromatic nitrogens is 2. The first-order valence-corrected chi connectivity index (χ1v) is 8.73. The van der Waals surface area contributed by atoms with Crippen molar-refractivity contribution in [3.8, 4) is 0 Å². The molecule has 0 radical (unpaired) electrons. The summed E-state index contributed by atoms with van der Waals surface area (Å²) in [6.07, 6.45) is -0.562. The molecule has 2 rings (SSSR count). The predicted molar refractivity (Wildman–Crippen MR) is 89.9 cm³/mol. The summed E-state index contributed by atoms with van der Waals surface area (Å²) in [5.41, 5.74) is 1.03. The average molecular weight is 345 g/mol. The van der Waals surface area contributed by atoms with Crippen LogP contribution in [0.25, 0.3) is 0 Å². The molecule has 0 aromatic carbocycles. The van der Waals surface area contributed by atoms with Crippen molar-refractivity contribution in [2.24, 2.45) is 11.3 Å². The number of aryl methyl sites for hydroxylation is 1. The minimum absolute atomic E-state index is 0.0107. The monoisotopic (exact) mass is 345 g/mol. The normalized spacial score (nSPS) is 23.5. The van der Waals surface area contributed by atoms with E-state index in [4.69, 9.17) is 0 Å². The molecule has 1 aromatic heterocycles. The van der Waals surface area contributed by atoms with E-state index in [2.05, 4.69) is 45.0 Å². The summed E-state index contributed by atoms with van der Waals surface area (Å²) in [5.74, 6) is 0.0685. The third-order valence-electron chi connectivity index (χ3n) is 5.36. The molecule has 0 spiro atoms. The summed E-state index contributed by atoms with van der Waals surface area (Å²) in [6.45, 7) is 11.8. The maximum absolute atomic E-state index is 13.0. The Morgan fingerprint density at radius 2 is 1.88 bits per heavy atom. The first-order valence-electron chi connectivity index (χ1n) is 8.73. The molecule has 1 aliphatic heterocycles. The van der Waals surface area contributed by atoms with E-state index in [-0.39, 0.29) is 23.2 Å². The summed E-state index contributed by atoms with van der Waals surface area (Å²) in [4.78, 5) is 0. The molecule has 2 unspecified atom stereocenters. The zero-order valence-corrected chi connectivity index (χ0v) is 15.4. The molecule has 138 valence electrons. The van der Waals surface area contributed by atoms with Crippen molar-refractivity contribution in [1.82, 2.24) is 15.1 Å². The quantitative estimate of drug-likeness (QED) is 0.869. The molecule has 3 nitrogen and oxygen atoms in total. The maximum Gasteiger partial charge on any atom is 0.403 e. The lowest BCUT2D eigenvalue weighted by Gasteiger charge is -2.41. The molecule has 0 aliphatic carbocycles. The minimum Gasteiger partial charge on any atom is -0.306 e. The fraction of sp³-hybridized carbons (Fsp3) is 0.833. The lowest BCUT2D eigenvalue weighted by Crippen LogP contribution is -2.50. The van der Waals surface area contributed by atoms with E-state index in [1.165, 1.54) is 0 Å². The number of hydrogen-bond acceptors (Lipinski definition) is 2. The molecule has 0 bridgehead atoms. The zero-order chi connectivity index (χ0) is 18.2. The second-order valence-corrected chi connectivity index (χ2v) is 8.70. The number of halogens is 3. The summed E-state index contributed by atoms with van der Waals surface area (Å²) in [7, 11) is 0. The van der Waals surface area contributed by atoms with Crippen LogP contribution in [0.3, 0.4) is 0 Å². The Morgan fingerprint density at radius 3 is 2.46 bits per heavy atom. The van der Waals surface area contributed by atoms with E-state index in [1.54, 1.807) is 6.20 Å². The minimum atomic E-state index is -4.16. The van der Waals surface area contributed by atoms with Gasteiger partial charge in [-0.3, -0.25) is 4.68 Å². The highest BCUT2D eigenvalue weighted by Crippen LogP contribution is 2.41. The number of nitrogens with zero attached hydrogens (tertiary/aromatic N) is 2. The van der Waals surface area contributed by atoms with Gasteiger partial charge in [-0.25, -0.2) is 0 Å². The van der Waals surface area contributed by atoms with Gasteiger partial charge in [-0.1, -0.05) is 34.6 Å². The Morgan fingerprint density at radius 1 is 1.21 bits per heavy atom. The molecular formula is C18H30F3N3. The topological polar surface area (TPSA) is 29.9 Å². The molecule has 1 aromatic rings. The van der Waals surface area contributed by atoms with E-state index >= 15 is 0 Å². The predicted octanol–water partition coefficient (Wildman–Crippen LogP) is 4.53. The fourth-order valence-corrected chi connectivity index (χ4v) is 3.62. The van der Waals surface area contributed by atoms with Crippen LogP contribution in [-0.4, -0.2) is 28.5 Å². The van der Waals surface area contributed by atoms with Crippen LogP contribution in [-0.2, 0) is 12.0 Å². The van der Waals surface area contributed by atoms with Crippen molar-refractivity contribution in [2.45, 2.75) is 78.1 Å². The third kappa shape index (κ3) is 4.52. The number of nitrogens with one attached hydrogen (secondary N) is 1. The van der Waals surface area contributed by atoms with E-state index in [1.807, 2.05) is 10.7 Å². The van der Waals surface area contributed by atoms with Gasteiger partial charge in [0.2, 0.25) is 0 Å². The number of rotatable bonds is 4. The standard InChI is InChI=1S/C18H30F3N3/c1-16(2,3)15-7-10-23-24(15)11-8-17(4,5)13-6-9-22-14(12-13)18(19,20)21/h7,10,13-14,22H,6,8-9,11-12H2,1-5H3. The first-order chi connectivity index (χ1) is 10.9. The largest absolute Gasteiger partial charge is 0.403 e.